The summed E-state index contributed by atoms with van der Waals surface area (Å²) in [4.78, 5) is 12.5. The van der Waals surface area contributed by atoms with Gasteiger partial charge in [-0.15, -0.1) is 0 Å². The maximum absolute atomic E-state index is 10.1. The van der Waals surface area contributed by atoms with Crippen molar-refractivity contribution >= 4 is 5.97 Å². The van der Waals surface area contributed by atoms with Crippen LogP contribution in [0.15, 0.2) is 12.3 Å². The van der Waals surface area contributed by atoms with Crippen molar-refractivity contribution < 1.29 is 9.90 Å². The number of hydrogen-bond acceptors (Lipinski definition) is 3. The van der Waals surface area contributed by atoms with Gasteiger partial charge in [0, 0.05) is 25.4 Å². The summed E-state index contributed by atoms with van der Waals surface area (Å²) in [6, 6.07) is 0. The number of carbonyl (C=O) groups is 1. The first-order chi connectivity index (χ1) is 6.29. The van der Waals surface area contributed by atoms with Gasteiger partial charge in [0.2, 0.25) is 0 Å². The van der Waals surface area contributed by atoms with Gasteiger partial charge in [0.05, 0.1) is 0 Å². The average molecular weight is 184 g/mol. The molecular formula is C9H16N2O2. The molecule has 0 unspecified atom stereocenters. The SMILES string of the molecule is O=C(O)/C=C/NCCN1CCCC1. The van der Waals surface area contributed by atoms with E-state index in [1.807, 2.05) is 0 Å². The lowest BCUT2D eigenvalue weighted by Crippen LogP contribution is -2.27. The molecule has 2 N–H and O–H groups in total. The number of hydrogen-bond donors (Lipinski definition) is 2. The van der Waals surface area contributed by atoms with Gasteiger partial charge in [-0.3, -0.25) is 0 Å². The Labute approximate surface area is 78.2 Å². The first-order valence-electron chi connectivity index (χ1n) is 4.64. The largest absolute Gasteiger partial charge is 0.478 e. The quantitative estimate of drug-likeness (QED) is 0.475. The molecule has 1 rings (SSSR count). The first kappa shape index (κ1) is 10.1. The number of aliphatic carboxylic acids is 1. The predicted molar refractivity (Wildman–Crippen MR) is 50.5 cm³/mol. The Balaban J connectivity index is 1.97. The van der Waals surface area contributed by atoms with Crippen molar-refractivity contribution in [3.05, 3.63) is 12.3 Å². The predicted octanol–water partition coefficient (Wildman–Crippen LogP) is 0.270. The number of nitrogens with zero attached hydrogens (tertiary/aromatic N) is 1. The minimum Gasteiger partial charge on any atom is -0.478 e. The Kier molecular flexibility index (Phi) is 4.32. The summed E-state index contributed by atoms with van der Waals surface area (Å²) in [5.74, 6) is -0.909. The molecule has 1 heterocycles. The summed E-state index contributed by atoms with van der Waals surface area (Å²) in [7, 11) is 0. The van der Waals surface area contributed by atoms with Crippen molar-refractivity contribution in [1.82, 2.24) is 10.2 Å². The molecule has 0 radical (unpaired) electrons. The van der Waals surface area contributed by atoms with E-state index in [4.69, 9.17) is 5.11 Å². The fraction of sp³-hybridized carbons (Fsp3) is 0.667. The lowest BCUT2D eigenvalue weighted by Gasteiger charge is -2.13. The lowest BCUT2D eigenvalue weighted by molar-refractivity contribution is -0.131. The molecule has 0 aromatic heterocycles. The van der Waals surface area contributed by atoms with Gasteiger partial charge in [0.15, 0.2) is 0 Å². The van der Waals surface area contributed by atoms with Crippen LogP contribution in [0.5, 0.6) is 0 Å². The third-order valence-corrected chi connectivity index (χ3v) is 2.11. The summed E-state index contributed by atoms with van der Waals surface area (Å²) in [5, 5.41) is 11.2. The third-order valence-electron chi connectivity index (χ3n) is 2.11. The van der Waals surface area contributed by atoms with Crippen LogP contribution in [-0.2, 0) is 4.79 Å². The minimum atomic E-state index is -0.909. The summed E-state index contributed by atoms with van der Waals surface area (Å²) < 4.78 is 0. The van der Waals surface area contributed by atoms with Gasteiger partial charge in [-0.1, -0.05) is 0 Å². The Morgan fingerprint density at radius 2 is 2.15 bits per heavy atom. The van der Waals surface area contributed by atoms with Gasteiger partial charge >= 0.3 is 5.97 Å². The maximum Gasteiger partial charge on any atom is 0.329 e. The van der Waals surface area contributed by atoms with Crippen LogP contribution < -0.4 is 5.32 Å². The Hall–Kier alpha value is -1.03. The zero-order valence-corrected chi connectivity index (χ0v) is 7.70. The molecule has 0 bridgehead atoms. The zero-order valence-electron chi connectivity index (χ0n) is 7.70. The highest BCUT2D eigenvalue weighted by molar-refractivity contribution is 5.79. The smallest absolute Gasteiger partial charge is 0.329 e. The summed E-state index contributed by atoms with van der Waals surface area (Å²) in [5.41, 5.74) is 0. The van der Waals surface area contributed by atoms with E-state index >= 15 is 0 Å². The molecule has 1 aliphatic rings. The molecule has 0 aromatic carbocycles. The van der Waals surface area contributed by atoms with E-state index < -0.39 is 5.97 Å². The summed E-state index contributed by atoms with van der Waals surface area (Å²) in [6.07, 6.45) is 5.19. The van der Waals surface area contributed by atoms with Gasteiger partial charge in [-0.25, -0.2) is 4.79 Å². The van der Waals surface area contributed by atoms with E-state index in [-0.39, 0.29) is 0 Å². The van der Waals surface area contributed by atoms with E-state index in [0.29, 0.717) is 0 Å². The molecule has 0 aromatic rings. The average Bonchev–Trinajstić information content (AvgIpc) is 2.55. The highest BCUT2D eigenvalue weighted by atomic mass is 16.4. The molecule has 1 fully saturated rings. The second-order valence-electron chi connectivity index (χ2n) is 3.17. The summed E-state index contributed by atoms with van der Waals surface area (Å²) >= 11 is 0. The van der Waals surface area contributed by atoms with Crippen molar-refractivity contribution in [2.45, 2.75) is 12.8 Å². The Morgan fingerprint density at radius 1 is 1.46 bits per heavy atom. The molecule has 0 saturated carbocycles. The molecule has 1 saturated heterocycles. The standard InChI is InChI=1S/C9H16N2O2/c12-9(13)3-4-10-5-8-11-6-1-2-7-11/h3-4,10H,1-2,5-8H2,(H,12,13)/b4-3+. The van der Waals surface area contributed by atoms with Gasteiger partial charge in [0.1, 0.15) is 0 Å². The minimum absolute atomic E-state index is 0.823. The Morgan fingerprint density at radius 3 is 2.77 bits per heavy atom. The second-order valence-corrected chi connectivity index (χ2v) is 3.17. The van der Waals surface area contributed by atoms with Crippen LogP contribution in [0.2, 0.25) is 0 Å². The summed E-state index contributed by atoms with van der Waals surface area (Å²) in [6.45, 7) is 4.20. The van der Waals surface area contributed by atoms with E-state index in [1.165, 1.54) is 32.1 Å². The highest BCUT2D eigenvalue weighted by Gasteiger charge is 2.09. The van der Waals surface area contributed by atoms with Crippen LogP contribution in [0.25, 0.3) is 0 Å². The monoisotopic (exact) mass is 184 g/mol. The molecule has 4 heteroatoms. The first-order valence-corrected chi connectivity index (χ1v) is 4.64. The number of carboxylic acids is 1. The highest BCUT2D eigenvalue weighted by Crippen LogP contribution is 2.05. The van der Waals surface area contributed by atoms with Crippen LogP contribution in [0.4, 0.5) is 0 Å². The number of carboxylic acid groups (broad SMARTS) is 1. The van der Waals surface area contributed by atoms with Crippen LogP contribution in [0.3, 0.4) is 0 Å². The van der Waals surface area contributed by atoms with Gasteiger partial charge < -0.3 is 15.3 Å². The van der Waals surface area contributed by atoms with Crippen LogP contribution in [0.1, 0.15) is 12.8 Å². The molecule has 0 amide bonds. The van der Waals surface area contributed by atoms with Crippen LogP contribution in [-0.4, -0.2) is 42.2 Å². The van der Waals surface area contributed by atoms with Crippen molar-refractivity contribution in [3.8, 4) is 0 Å². The maximum atomic E-state index is 10.1. The molecule has 1 aliphatic heterocycles. The number of rotatable bonds is 5. The Bertz CT molecular complexity index is 186. The van der Waals surface area contributed by atoms with Gasteiger partial charge in [0.25, 0.3) is 0 Å². The molecule has 0 spiro atoms. The fourth-order valence-corrected chi connectivity index (χ4v) is 1.44. The van der Waals surface area contributed by atoms with Gasteiger partial charge in [-0.2, -0.15) is 0 Å². The number of likely N-dealkylation sites (tertiary alicyclic amines) is 1. The molecule has 74 valence electrons. The van der Waals surface area contributed by atoms with Crippen LogP contribution in [0, 0.1) is 0 Å². The molecular weight excluding hydrogens is 168 g/mol. The molecule has 0 aliphatic carbocycles. The molecule has 13 heavy (non-hydrogen) atoms. The zero-order chi connectivity index (χ0) is 9.52. The van der Waals surface area contributed by atoms with Crippen molar-refractivity contribution in [2.75, 3.05) is 26.2 Å². The van der Waals surface area contributed by atoms with E-state index in [0.717, 1.165) is 19.2 Å². The molecule has 4 nitrogen and oxygen atoms in total. The van der Waals surface area contributed by atoms with E-state index in [9.17, 15) is 4.79 Å². The second kappa shape index (κ2) is 5.59. The van der Waals surface area contributed by atoms with Crippen molar-refractivity contribution in [1.29, 1.82) is 0 Å². The topological polar surface area (TPSA) is 52.6 Å². The van der Waals surface area contributed by atoms with E-state index in [2.05, 4.69) is 10.2 Å². The fourth-order valence-electron chi connectivity index (χ4n) is 1.44. The number of nitrogens with one attached hydrogen (secondary N) is 1. The van der Waals surface area contributed by atoms with Crippen molar-refractivity contribution in [2.24, 2.45) is 0 Å². The van der Waals surface area contributed by atoms with Crippen LogP contribution >= 0.6 is 0 Å². The molecule has 0 atom stereocenters. The van der Waals surface area contributed by atoms with E-state index in [1.54, 1.807) is 0 Å². The third kappa shape index (κ3) is 4.52. The normalized spacial score (nSPS) is 18.2. The lowest BCUT2D eigenvalue weighted by atomic mass is 10.4. The van der Waals surface area contributed by atoms with Crippen molar-refractivity contribution in [3.63, 3.8) is 0 Å². The van der Waals surface area contributed by atoms with Gasteiger partial charge in [-0.05, 0) is 25.9 Å².